The van der Waals surface area contributed by atoms with Crippen molar-refractivity contribution in [1.82, 2.24) is 20.4 Å². The van der Waals surface area contributed by atoms with Crippen molar-refractivity contribution in [2.75, 3.05) is 6.26 Å². The summed E-state index contributed by atoms with van der Waals surface area (Å²) in [4.78, 5) is 0. The average Bonchev–Trinajstić information content (AvgIpc) is 2.77. The zero-order valence-electron chi connectivity index (χ0n) is 8.45. The van der Waals surface area contributed by atoms with Crippen molar-refractivity contribution in [1.29, 1.82) is 0 Å². The maximum absolute atomic E-state index is 5.62. The van der Waals surface area contributed by atoms with Crippen molar-refractivity contribution in [2.24, 2.45) is 5.73 Å². The molecule has 5 nitrogen and oxygen atoms in total. The fraction of sp³-hybridized carbons (Fsp3) is 0.250. The minimum Gasteiger partial charge on any atom is -0.326 e. The predicted molar refractivity (Wildman–Crippen MR) is 65.7 cm³/mol. The van der Waals surface area contributed by atoms with Crippen LogP contribution in [0.15, 0.2) is 26.0 Å². The van der Waals surface area contributed by atoms with Gasteiger partial charge in [0.15, 0.2) is 8.68 Å². The SMILES string of the molecule is CSc1nnc(Sc2nnccc2CN)s1. The third-order valence-corrected chi connectivity index (χ3v) is 4.72. The van der Waals surface area contributed by atoms with Crippen molar-refractivity contribution in [2.45, 2.75) is 20.3 Å². The van der Waals surface area contributed by atoms with Crippen LogP contribution in [0.4, 0.5) is 0 Å². The smallest absolute Gasteiger partial charge is 0.181 e. The molecule has 2 aromatic rings. The van der Waals surface area contributed by atoms with Crippen LogP contribution in [-0.4, -0.2) is 26.7 Å². The fourth-order valence-corrected chi connectivity index (χ4v) is 3.41. The Morgan fingerprint density at radius 2 is 2.12 bits per heavy atom. The summed E-state index contributed by atoms with van der Waals surface area (Å²) in [5.74, 6) is 0. The van der Waals surface area contributed by atoms with Crippen LogP contribution >= 0.6 is 34.9 Å². The van der Waals surface area contributed by atoms with Crippen LogP contribution < -0.4 is 5.73 Å². The molecular formula is C8H9N5S3. The molecule has 0 aliphatic rings. The van der Waals surface area contributed by atoms with Gasteiger partial charge in [-0.05, 0) is 24.1 Å². The van der Waals surface area contributed by atoms with E-state index in [1.807, 2.05) is 12.3 Å². The third-order valence-electron chi connectivity index (χ3n) is 1.73. The molecule has 2 aromatic heterocycles. The molecular weight excluding hydrogens is 262 g/mol. The molecule has 0 saturated carbocycles. The van der Waals surface area contributed by atoms with Gasteiger partial charge < -0.3 is 5.73 Å². The van der Waals surface area contributed by atoms with Crippen LogP contribution in [0, 0.1) is 0 Å². The van der Waals surface area contributed by atoms with Crippen LogP contribution in [0.3, 0.4) is 0 Å². The molecule has 0 saturated heterocycles. The number of nitrogens with two attached hydrogens (primary N) is 1. The van der Waals surface area contributed by atoms with E-state index in [0.29, 0.717) is 6.54 Å². The molecule has 84 valence electrons. The standard InChI is InChI=1S/C8H9N5S3/c1-14-7-12-13-8(16-7)15-6-5(4-9)2-3-10-11-6/h2-3H,4,9H2,1H3. The van der Waals surface area contributed by atoms with Gasteiger partial charge in [-0.1, -0.05) is 23.1 Å². The van der Waals surface area contributed by atoms with Crippen molar-refractivity contribution in [3.05, 3.63) is 17.8 Å². The molecule has 0 amide bonds. The number of hydrogen-bond acceptors (Lipinski definition) is 8. The normalized spacial score (nSPS) is 10.6. The molecule has 0 aromatic carbocycles. The molecule has 0 spiro atoms. The summed E-state index contributed by atoms with van der Waals surface area (Å²) < 4.78 is 1.81. The highest BCUT2D eigenvalue weighted by Crippen LogP contribution is 2.32. The van der Waals surface area contributed by atoms with E-state index < -0.39 is 0 Å². The summed E-state index contributed by atoms with van der Waals surface area (Å²) >= 11 is 4.58. The highest BCUT2D eigenvalue weighted by molar-refractivity contribution is 8.02. The quantitative estimate of drug-likeness (QED) is 0.847. The lowest BCUT2D eigenvalue weighted by Crippen LogP contribution is -2.00. The Kier molecular flexibility index (Phi) is 4.10. The number of hydrogen-bond donors (Lipinski definition) is 1. The first-order valence-electron chi connectivity index (χ1n) is 4.39. The average molecular weight is 271 g/mol. The van der Waals surface area contributed by atoms with Crippen LogP contribution in [0.1, 0.15) is 5.56 Å². The maximum Gasteiger partial charge on any atom is 0.181 e. The van der Waals surface area contributed by atoms with Gasteiger partial charge in [-0.3, -0.25) is 0 Å². The van der Waals surface area contributed by atoms with Gasteiger partial charge in [-0.25, -0.2) is 0 Å². The molecule has 16 heavy (non-hydrogen) atoms. The first-order valence-corrected chi connectivity index (χ1v) is 7.25. The molecule has 0 bridgehead atoms. The summed E-state index contributed by atoms with van der Waals surface area (Å²) in [6, 6.07) is 1.87. The zero-order chi connectivity index (χ0) is 11.4. The number of thioether (sulfide) groups is 1. The van der Waals surface area contributed by atoms with Crippen LogP contribution in [-0.2, 0) is 6.54 Å². The molecule has 0 aliphatic carbocycles. The van der Waals surface area contributed by atoms with Gasteiger partial charge >= 0.3 is 0 Å². The number of rotatable bonds is 4. The molecule has 0 fully saturated rings. The summed E-state index contributed by atoms with van der Waals surface area (Å²) in [7, 11) is 0. The highest BCUT2D eigenvalue weighted by atomic mass is 32.2. The topological polar surface area (TPSA) is 77.6 Å². The molecule has 0 atom stereocenters. The maximum atomic E-state index is 5.62. The summed E-state index contributed by atoms with van der Waals surface area (Å²) in [5.41, 5.74) is 6.59. The van der Waals surface area contributed by atoms with Crippen molar-refractivity contribution >= 4 is 34.9 Å². The lowest BCUT2D eigenvalue weighted by molar-refractivity contribution is 0.863. The van der Waals surface area contributed by atoms with Gasteiger partial charge in [0.25, 0.3) is 0 Å². The molecule has 2 heterocycles. The minimum absolute atomic E-state index is 0.450. The number of nitrogens with zero attached hydrogens (tertiary/aromatic N) is 4. The van der Waals surface area contributed by atoms with E-state index in [0.717, 1.165) is 19.3 Å². The van der Waals surface area contributed by atoms with E-state index >= 15 is 0 Å². The van der Waals surface area contributed by atoms with E-state index in [-0.39, 0.29) is 0 Å². The van der Waals surface area contributed by atoms with Gasteiger partial charge in [-0.2, -0.15) is 5.10 Å². The molecule has 0 unspecified atom stereocenters. The molecule has 8 heteroatoms. The van der Waals surface area contributed by atoms with Gasteiger partial charge in [0.05, 0.1) is 0 Å². The van der Waals surface area contributed by atoms with Gasteiger partial charge in [-0.15, -0.1) is 15.3 Å². The second kappa shape index (κ2) is 5.58. The summed E-state index contributed by atoms with van der Waals surface area (Å²) in [5, 5.41) is 16.8. The van der Waals surface area contributed by atoms with Gasteiger partial charge in [0, 0.05) is 18.3 Å². The Labute approximate surface area is 105 Å². The minimum atomic E-state index is 0.450. The summed E-state index contributed by atoms with van der Waals surface area (Å²) in [6.45, 7) is 0.450. The molecule has 2 rings (SSSR count). The lowest BCUT2D eigenvalue weighted by atomic mass is 10.3. The Morgan fingerprint density at radius 3 is 2.81 bits per heavy atom. The Morgan fingerprint density at radius 1 is 1.31 bits per heavy atom. The van der Waals surface area contributed by atoms with E-state index in [1.165, 1.54) is 11.8 Å². The van der Waals surface area contributed by atoms with E-state index in [9.17, 15) is 0 Å². The van der Waals surface area contributed by atoms with E-state index in [1.54, 1.807) is 29.3 Å². The van der Waals surface area contributed by atoms with Crippen molar-refractivity contribution < 1.29 is 0 Å². The Bertz CT molecular complexity index is 472. The molecule has 0 aliphatic heterocycles. The second-order valence-corrected chi connectivity index (χ2v) is 5.97. The highest BCUT2D eigenvalue weighted by Gasteiger charge is 2.09. The molecule has 0 radical (unpaired) electrons. The molecule has 2 N–H and O–H groups in total. The van der Waals surface area contributed by atoms with Crippen molar-refractivity contribution in [3.8, 4) is 0 Å². The first-order chi connectivity index (χ1) is 7.83. The van der Waals surface area contributed by atoms with Gasteiger partial charge in [0.1, 0.15) is 5.03 Å². The van der Waals surface area contributed by atoms with E-state index in [4.69, 9.17) is 5.73 Å². The van der Waals surface area contributed by atoms with E-state index in [2.05, 4.69) is 20.4 Å². The monoisotopic (exact) mass is 271 g/mol. The van der Waals surface area contributed by atoms with Crippen LogP contribution in [0.2, 0.25) is 0 Å². The van der Waals surface area contributed by atoms with Crippen LogP contribution in [0.5, 0.6) is 0 Å². The first kappa shape index (κ1) is 11.8. The van der Waals surface area contributed by atoms with Crippen LogP contribution in [0.25, 0.3) is 0 Å². The Hall–Kier alpha value is -0.700. The zero-order valence-corrected chi connectivity index (χ0v) is 10.9. The lowest BCUT2D eigenvalue weighted by Gasteiger charge is -2.00. The Balaban J connectivity index is 2.19. The second-order valence-electron chi connectivity index (χ2n) is 2.71. The summed E-state index contributed by atoms with van der Waals surface area (Å²) in [6.07, 6.45) is 3.61. The number of aromatic nitrogens is 4. The fourth-order valence-electron chi connectivity index (χ4n) is 0.990. The third kappa shape index (κ3) is 2.70. The van der Waals surface area contributed by atoms with Crippen molar-refractivity contribution in [3.63, 3.8) is 0 Å². The largest absolute Gasteiger partial charge is 0.326 e. The predicted octanol–water partition coefficient (Wildman–Crippen LogP) is 1.66. The van der Waals surface area contributed by atoms with Gasteiger partial charge in [0.2, 0.25) is 0 Å².